The molecule has 0 saturated heterocycles. The van der Waals surface area contributed by atoms with Crippen LogP contribution in [-0.4, -0.2) is 41.8 Å². The minimum atomic E-state index is -1.05. The molecule has 2 aromatic carbocycles. The van der Waals surface area contributed by atoms with Gasteiger partial charge in [-0.05, 0) is 55.9 Å². The first-order valence-electron chi connectivity index (χ1n) is 11.6. The Hall–Kier alpha value is -3.68. The van der Waals surface area contributed by atoms with Gasteiger partial charge in [0.15, 0.2) is 0 Å². The maximum Gasteiger partial charge on any atom is 0.316 e. The molecule has 2 aromatic rings. The van der Waals surface area contributed by atoms with Gasteiger partial charge in [-0.25, -0.2) is 0 Å². The molecule has 0 spiro atoms. The minimum Gasteiger partial charge on any atom is -0.481 e. The molecule has 0 fully saturated rings. The average Bonchev–Trinajstić information content (AvgIpc) is 2.81. The summed E-state index contributed by atoms with van der Waals surface area (Å²) in [6, 6.07) is 15.3. The average molecular weight is 482 g/mol. The summed E-state index contributed by atoms with van der Waals surface area (Å²) < 4.78 is 10.4. The highest BCUT2D eigenvalue weighted by Crippen LogP contribution is 2.36. The van der Waals surface area contributed by atoms with E-state index in [2.05, 4.69) is 5.32 Å². The number of carboxylic acids is 1. The smallest absolute Gasteiger partial charge is 0.316 e. The van der Waals surface area contributed by atoms with E-state index in [1.807, 2.05) is 48.5 Å². The maximum atomic E-state index is 13.1. The quantitative estimate of drug-likeness (QED) is 0.434. The van der Waals surface area contributed by atoms with Crippen LogP contribution in [0.3, 0.4) is 0 Å². The normalized spacial score (nSPS) is 17.1. The molecule has 1 aliphatic rings. The van der Waals surface area contributed by atoms with Crippen molar-refractivity contribution in [2.45, 2.75) is 58.4 Å². The largest absolute Gasteiger partial charge is 0.481 e. The van der Waals surface area contributed by atoms with Crippen molar-refractivity contribution in [3.8, 4) is 11.1 Å². The van der Waals surface area contributed by atoms with E-state index in [4.69, 9.17) is 14.6 Å². The lowest BCUT2D eigenvalue weighted by atomic mass is 9.79. The van der Waals surface area contributed by atoms with Crippen molar-refractivity contribution in [2.24, 2.45) is 5.41 Å². The van der Waals surface area contributed by atoms with Gasteiger partial charge in [0.05, 0.1) is 17.8 Å². The minimum absolute atomic E-state index is 0.135. The molecular formula is C27H31NO7. The van der Waals surface area contributed by atoms with Crippen molar-refractivity contribution in [3.63, 3.8) is 0 Å². The summed E-state index contributed by atoms with van der Waals surface area (Å²) in [5, 5.41) is 11.7. The number of ether oxygens (including phenoxy) is 2. The fraction of sp³-hybridized carbons (Fsp3) is 0.407. The number of esters is 2. The Labute approximate surface area is 204 Å². The van der Waals surface area contributed by atoms with Crippen LogP contribution in [0.4, 0.5) is 0 Å². The van der Waals surface area contributed by atoms with Crippen LogP contribution in [0.5, 0.6) is 0 Å². The number of hydrogen-bond acceptors (Lipinski definition) is 6. The molecule has 0 saturated carbocycles. The third-order valence-corrected chi connectivity index (χ3v) is 5.83. The lowest BCUT2D eigenvalue weighted by Crippen LogP contribution is -2.41. The summed E-state index contributed by atoms with van der Waals surface area (Å²) in [5.41, 5.74) is 2.93. The Balaban J connectivity index is 1.80. The second kappa shape index (κ2) is 11.2. The first kappa shape index (κ1) is 25.9. The summed E-state index contributed by atoms with van der Waals surface area (Å²) in [5.74, 6) is -3.14. The number of rotatable bonds is 8. The summed E-state index contributed by atoms with van der Waals surface area (Å²) in [4.78, 5) is 48.1. The van der Waals surface area contributed by atoms with Gasteiger partial charge in [-0.3, -0.25) is 19.2 Å². The first-order valence-corrected chi connectivity index (χ1v) is 11.6. The van der Waals surface area contributed by atoms with Gasteiger partial charge < -0.3 is 19.9 Å². The molecule has 1 amide bonds. The number of fused-ring (bicyclic) bond motifs is 1. The molecule has 0 heterocycles. The molecule has 2 N–H and O–H groups in total. The maximum absolute atomic E-state index is 13.1. The molecular weight excluding hydrogens is 450 g/mol. The van der Waals surface area contributed by atoms with Gasteiger partial charge >= 0.3 is 17.9 Å². The zero-order chi connectivity index (χ0) is 25.6. The molecule has 0 radical (unpaired) electrons. The standard InChI is InChI=1S/C27H31NO7/c1-27(2,3)26(33)35-16-34-25(32)22-15-20(28-23(29)11-12-24(30)31)13-19-10-9-18(14-21(19)22)17-7-5-4-6-8-17/h4-10,14,20,22H,11-13,15-16H2,1-3H3,(H,28,29)(H,30,31). The number of nitrogens with one attached hydrogen (secondary N) is 1. The zero-order valence-electron chi connectivity index (χ0n) is 20.2. The van der Waals surface area contributed by atoms with Crippen LogP contribution >= 0.6 is 0 Å². The third-order valence-electron chi connectivity index (χ3n) is 5.83. The van der Waals surface area contributed by atoms with E-state index >= 15 is 0 Å². The Kier molecular flexibility index (Phi) is 8.27. The summed E-state index contributed by atoms with van der Waals surface area (Å²) in [6.45, 7) is 4.63. The Morgan fingerprint density at radius 2 is 1.69 bits per heavy atom. The molecule has 2 atom stereocenters. The predicted octanol–water partition coefficient (Wildman–Crippen LogP) is 3.82. The predicted molar refractivity (Wildman–Crippen MR) is 128 cm³/mol. The molecule has 186 valence electrons. The molecule has 2 unspecified atom stereocenters. The monoisotopic (exact) mass is 481 g/mol. The van der Waals surface area contributed by atoms with E-state index in [0.29, 0.717) is 6.42 Å². The molecule has 0 aliphatic heterocycles. The van der Waals surface area contributed by atoms with E-state index in [0.717, 1.165) is 22.3 Å². The number of aliphatic carboxylic acids is 1. The summed E-state index contributed by atoms with van der Waals surface area (Å²) in [6.07, 6.45) is 0.395. The van der Waals surface area contributed by atoms with Crippen LogP contribution in [0.1, 0.15) is 57.1 Å². The van der Waals surface area contributed by atoms with Gasteiger partial charge in [0.25, 0.3) is 0 Å². The van der Waals surface area contributed by atoms with E-state index < -0.39 is 36.0 Å². The van der Waals surface area contributed by atoms with Gasteiger partial charge in [-0.2, -0.15) is 0 Å². The lowest BCUT2D eigenvalue weighted by molar-refractivity contribution is -0.174. The highest BCUT2D eigenvalue weighted by atomic mass is 16.7. The lowest BCUT2D eigenvalue weighted by Gasteiger charge is -2.31. The number of benzene rings is 2. The third kappa shape index (κ3) is 7.15. The second-order valence-electron chi connectivity index (χ2n) is 9.69. The molecule has 1 aliphatic carbocycles. The van der Waals surface area contributed by atoms with Crippen molar-refractivity contribution in [3.05, 3.63) is 59.7 Å². The topological polar surface area (TPSA) is 119 Å². The highest BCUT2D eigenvalue weighted by molar-refractivity contribution is 5.83. The Bertz CT molecular complexity index is 1090. The van der Waals surface area contributed by atoms with Crippen LogP contribution < -0.4 is 5.32 Å². The Morgan fingerprint density at radius 1 is 0.971 bits per heavy atom. The van der Waals surface area contributed by atoms with Crippen molar-refractivity contribution >= 4 is 23.8 Å². The number of carbonyl (C=O) groups is 4. The SMILES string of the molecule is CC(C)(C)C(=O)OCOC(=O)C1CC(NC(=O)CCC(=O)O)Cc2ccc(-c3ccccc3)cc21. The van der Waals surface area contributed by atoms with Crippen LogP contribution in [0.25, 0.3) is 11.1 Å². The number of hydrogen-bond donors (Lipinski definition) is 2. The van der Waals surface area contributed by atoms with Gasteiger partial charge in [0.1, 0.15) is 0 Å². The first-order chi connectivity index (χ1) is 16.5. The fourth-order valence-electron chi connectivity index (χ4n) is 3.99. The van der Waals surface area contributed by atoms with Gasteiger partial charge in [0, 0.05) is 12.5 Å². The fourth-order valence-corrected chi connectivity index (χ4v) is 3.99. The Morgan fingerprint density at radius 3 is 2.34 bits per heavy atom. The van der Waals surface area contributed by atoms with E-state index in [1.54, 1.807) is 20.8 Å². The molecule has 0 bridgehead atoms. The van der Waals surface area contributed by atoms with Crippen molar-refractivity contribution in [1.29, 1.82) is 0 Å². The number of carbonyl (C=O) groups excluding carboxylic acids is 3. The molecule has 35 heavy (non-hydrogen) atoms. The summed E-state index contributed by atoms with van der Waals surface area (Å²) >= 11 is 0. The van der Waals surface area contributed by atoms with E-state index in [9.17, 15) is 19.2 Å². The number of carboxylic acid groups (broad SMARTS) is 1. The second-order valence-corrected chi connectivity index (χ2v) is 9.69. The van der Waals surface area contributed by atoms with E-state index in [-0.39, 0.29) is 31.2 Å². The van der Waals surface area contributed by atoms with Gasteiger partial charge in [0.2, 0.25) is 12.7 Å². The molecule has 0 aromatic heterocycles. The van der Waals surface area contributed by atoms with Crippen LogP contribution in [0, 0.1) is 5.41 Å². The van der Waals surface area contributed by atoms with Gasteiger partial charge in [-0.15, -0.1) is 0 Å². The van der Waals surface area contributed by atoms with Crippen molar-refractivity contribution in [2.75, 3.05) is 6.79 Å². The highest BCUT2D eigenvalue weighted by Gasteiger charge is 2.34. The van der Waals surface area contributed by atoms with Crippen molar-refractivity contribution in [1.82, 2.24) is 5.32 Å². The van der Waals surface area contributed by atoms with Crippen molar-refractivity contribution < 1.29 is 33.8 Å². The summed E-state index contributed by atoms with van der Waals surface area (Å²) in [7, 11) is 0. The van der Waals surface area contributed by atoms with Crippen LogP contribution in [-0.2, 0) is 35.1 Å². The van der Waals surface area contributed by atoms with Crippen LogP contribution in [0.15, 0.2) is 48.5 Å². The molecule has 8 nitrogen and oxygen atoms in total. The number of amides is 1. The van der Waals surface area contributed by atoms with Crippen LogP contribution in [0.2, 0.25) is 0 Å². The van der Waals surface area contributed by atoms with Gasteiger partial charge in [-0.1, -0.05) is 48.5 Å². The molecule has 3 rings (SSSR count). The molecule has 8 heteroatoms. The zero-order valence-corrected chi connectivity index (χ0v) is 20.2. The van der Waals surface area contributed by atoms with E-state index in [1.165, 1.54) is 0 Å².